The summed E-state index contributed by atoms with van der Waals surface area (Å²) in [6.07, 6.45) is 0. The van der Waals surface area contributed by atoms with Crippen LogP contribution in [0.15, 0.2) is 140 Å². The molecule has 0 atom stereocenters. The van der Waals surface area contributed by atoms with Gasteiger partial charge in [-0.05, 0) is 36.4 Å². The highest BCUT2D eigenvalue weighted by atomic mass is 32.1. The fourth-order valence-electron chi connectivity index (χ4n) is 6.30. The number of aromatic nitrogens is 3. The van der Waals surface area contributed by atoms with Crippen molar-refractivity contribution >= 4 is 64.2 Å². The molecule has 0 saturated heterocycles. The van der Waals surface area contributed by atoms with E-state index in [0.29, 0.717) is 0 Å². The largest absolute Gasteiger partial charge is 0.309 e. The fraction of sp³-hybridized carbons (Fsp3) is 0. The molecule has 3 heterocycles. The van der Waals surface area contributed by atoms with Gasteiger partial charge in [0.1, 0.15) is 0 Å². The van der Waals surface area contributed by atoms with Gasteiger partial charge < -0.3 is 4.57 Å². The summed E-state index contributed by atoms with van der Waals surface area (Å²) in [6.45, 7) is 0. The quantitative estimate of drug-likeness (QED) is 0.218. The minimum atomic E-state index is 0.735. The molecule has 4 heteroatoms. The highest BCUT2D eigenvalue weighted by Gasteiger charge is 2.19. The smallest absolute Gasteiger partial charge is 0.160 e. The Hall–Kier alpha value is -5.32. The third-order valence-corrected chi connectivity index (χ3v) is 9.40. The predicted molar refractivity (Wildman–Crippen MR) is 178 cm³/mol. The molecule has 0 amide bonds. The van der Waals surface area contributed by atoms with Crippen LogP contribution >= 0.6 is 11.3 Å². The molecule has 3 aromatic heterocycles. The Morgan fingerprint density at radius 2 is 1.21 bits per heavy atom. The second-order valence-electron chi connectivity index (χ2n) is 10.6. The lowest BCUT2D eigenvalue weighted by Gasteiger charge is -2.13. The summed E-state index contributed by atoms with van der Waals surface area (Å²) < 4.78 is 5.06. The molecule has 3 nitrogen and oxygen atoms in total. The topological polar surface area (TPSA) is 30.7 Å². The SMILES string of the molecule is c1ccc(-c2nc(-c3ccccc3)c3cc(-n4c5ccccc5c5c6sc7ccccc7c6ccc54)ccc3n2)cc1. The number of benzene rings is 6. The van der Waals surface area contributed by atoms with Gasteiger partial charge in [0.2, 0.25) is 0 Å². The lowest BCUT2D eigenvalue weighted by atomic mass is 10.0. The fourth-order valence-corrected chi connectivity index (χ4v) is 7.56. The van der Waals surface area contributed by atoms with E-state index in [9.17, 15) is 0 Å². The van der Waals surface area contributed by atoms with Crippen molar-refractivity contribution < 1.29 is 0 Å². The third-order valence-electron chi connectivity index (χ3n) is 8.20. The van der Waals surface area contributed by atoms with E-state index in [0.717, 1.165) is 39.2 Å². The van der Waals surface area contributed by atoms with E-state index in [1.807, 2.05) is 35.6 Å². The highest BCUT2D eigenvalue weighted by molar-refractivity contribution is 7.26. The summed E-state index contributed by atoms with van der Waals surface area (Å²) in [6, 6.07) is 49.3. The van der Waals surface area contributed by atoms with Gasteiger partial charge in [0, 0.05) is 53.1 Å². The lowest BCUT2D eigenvalue weighted by Crippen LogP contribution is -1.98. The number of para-hydroxylation sites is 1. The molecular formula is C38H23N3S. The first-order valence-corrected chi connectivity index (χ1v) is 14.9. The van der Waals surface area contributed by atoms with Crippen molar-refractivity contribution in [2.24, 2.45) is 0 Å². The van der Waals surface area contributed by atoms with Gasteiger partial charge in [-0.2, -0.15) is 0 Å². The Bertz CT molecular complexity index is 2460. The van der Waals surface area contributed by atoms with Crippen molar-refractivity contribution in [3.8, 4) is 28.3 Å². The van der Waals surface area contributed by atoms with Crippen LogP contribution in [0.5, 0.6) is 0 Å². The molecule has 0 aliphatic carbocycles. The molecule has 0 unspecified atom stereocenters. The second kappa shape index (κ2) is 9.10. The standard InChI is InChI=1S/C38H23N3S/c1-3-11-24(12-4-1)36-30-23-26(19-21-31(30)39-38(40-36)25-13-5-2-6-14-25)41-32-17-9-7-16-29(32)35-33(41)22-20-28-27-15-8-10-18-34(27)42-37(28)35/h1-23H. The summed E-state index contributed by atoms with van der Waals surface area (Å²) >= 11 is 1.88. The van der Waals surface area contributed by atoms with Crippen molar-refractivity contribution in [3.63, 3.8) is 0 Å². The van der Waals surface area contributed by atoms with Crippen LogP contribution in [-0.4, -0.2) is 14.5 Å². The minimum absolute atomic E-state index is 0.735. The Morgan fingerprint density at radius 3 is 2.05 bits per heavy atom. The summed E-state index contributed by atoms with van der Waals surface area (Å²) in [7, 11) is 0. The lowest BCUT2D eigenvalue weighted by molar-refractivity contribution is 1.18. The van der Waals surface area contributed by atoms with Crippen molar-refractivity contribution in [2.75, 3.05) is 0 Å². The zero-order valence-electron chi connectivity index (χ0n) is 22.5. The summed E-state index contributed by atoms with van der Waals surface area (Å²) in [4.78, 5) is 10.2. The molecule has 0 spiro atoms. The van der Waals surface area contributed by atoms with Crippen LogP contribution in [0.4, 0.5) is 0 Å². The first-order valence-electron chi connectivity index (χ1n) is 14.1. The second-order valence-corrected chi connectivity index (χ2v) is 11.7. The van der Waals surface area contributed by atoms with Gasteiger partial charge in [0.15, 0.2) is 5.82 Å². The average Bonchev–Trinajstić information content (AvgIpc) is 3.61. The maximum Gasteiger partial charge on any atom is 0.160 e. The van der Waals surface area contributed by atoms with Crippen molar-refractivity contribution in [3.05, 3.63) is 140 Å². The van der Waals surface area contributed by atoms with E-state index < -0.39 is 0 Å². The van der Waals surface area contributed by atoms with Crippen molar-refractivity contribution in [2.45, 2.75) is 0 Å². The number of fused-ring (bicyclic) bond motifs is 8. The molecule has 0 fully saturated rings. The van der Waals surface area contributed by atoms with E-state index >= 15 is 0 Å². The predicted octanol–water partition coefficient (Wildman–Crippen LogP) is 10.4. The van der Waals surface area contributed by atoms with Crippen LogP contribution in [0.25, 0.3) is 81.2 Å². The molecule has 9 aromatic rings. The third kappa shape index (κ3) is 3.46. The van der Waals surface area contributed by atoms with Gasteiger partial charge in [-0.25, -0.2) is 9.97 Å². The van der Waals surface area contributed by atoms with Crippen LogP contribution < -0.4 is 0 Å². The molecule has 9 rings (SSSR count). The van der Waals surface area contributed by atoms with E-state index in [2.05, 4.69) is 120 Å². The zero-order valence-corrected chi connectivity index (χ0v) is 23.3. The van der Waals surface area contributed by atoms with Crippen LogP contribution in [0.2, 0.25) is 0 Å². The number of thiophene rings is 1. The number of nitrogens with zero attached hydrogens (tertiary/aromatic N) is 3. The summed E-state index contributed by atoms with van der Waals surface area (Å²) in [5.41, 5.74) is 7.46. The van der Waals surface area contributed by atoms with Crippen LogP contribution in [0.3, 0.4) is 0 Å². The highest BCUT2D eigenvalue weighted by Crippen LogP contribution is 2.43. The zero-order chi connectivity index (χ0) is 27.6. The van der Waals surface area contributed by atoms with Gasteiger partial charge in [0.25, 0.3) is 0 Å². The number of hydrogen-bond acceptors (Lipinski definition) is 3. The van der Waals surface area contributed by atoms with E-state index in [4.69, 9.17) is 9.97 Å². The molecule has 196 valence electrons. The van der Waals surface area contributed by atoms with Crippen molar-refractivity contribution in [1.82, 2.24) is 14.5 Å². The van der Waals surface area contributed by atoms with E-state index in [1.165, 1.54) is 42.0 Å². The molecule has 0 bridgehead atoms. The maximum atomic E-state index is 5.13. The summed E-state index contributed by atoms with van der Waals surface area (Å²) in [5, 5.41) is 6.25. The first-order chi connectivity index (χ1) is 20.8. The van der Waals surface area contributed by atoms with Gasteiger partial charge in [-0.3, -0.25) is 0 Å². The van der Waals surface area contributed by atoms with Crippen molar-refractivity contribution in [1.29, 1.82) is 0 Å². The Labute approximate surface area is 246 Å². The van der Waals surface area contributed by atoms with Gasteiger partial charge in [-0.15, -0.1) is 11.3 Å². The van der Waals surface area contributed by atoms with Gasteiger partial charge >= 0.3 is 0 Å². The minimum Gasteiger partial charge on any atom is -0.309 e. The molecule has 42 heavy (non-hydrogen) atoms. The molecule has 0 aliphatic rings. The first kappa shape index (κ1) is 23.4. The molecule has 0 N–H and O–H groups in total. The normalized spacial score (nSPS) is 11.8. The molecule has 6 aromatic carbocycles. The summed E-state index contributed by atoms with van der Waals surface area (Å²) in [5.74, 6) is 0.735. The van der Waals surface area contributed by atoms with E-state index in [-0.39, 0.29) is 0 Å². The van der Waals surface area contributed by atoms with Gasteiger partial charge in [-0.1, -0.05) is 103 Å². The van der Waals surface area contributed by atoms with Crippen LogP contribution in [0, 0.1) is 0 Å². The average molecular weight is 554 g/mol. The van der Waals surface area contributed by atoms with E-state index in [1.54, 1.807) is 0 Å². The Kier molecular flexibility index (Phi) is 5.07. The number of hydrogen-bond donors (Lipinski definition) is 0. The monoisotopic (exact) mass is 553 g/mol. The molecule has 0 saturated carbocycles. The number of rotatable bonds is 3. The molecular weight excluding hydrogens is 531 g/mol. The van der Waals surface area contributed by atoms with Crippen LogP contribution in [0.1, 0.15) is 0 Å². The molecule has 0 aliphatic heterocycles. The Morgan fingerprint density at radius 1 is 0.500 bits per heavy atom. The Balaban J connectivity index is 1.35. The van der Waals surface area contributed by atoms with Gasteiger partial charge in [0.05, 0.1) is 22.2 Å². The molecule has 0 radical (unpaired) electrons. The maximum absolute atomic E-state index is 5.13. The van der Waals surface area contributed by atoms with Crippen LogP contribution in [-0.2, 0) is 0 Å².